The molecule has 0 unspecified atom stereocenters. The maximum absolute atomic E-state index is 6.27. The number of nitrogens with two attached hydrogens (primary N) is 1. The number of nitrogens with zero attached hydrogens (tertiary/aromatic N) is 3. The topological polar surface area (TPSA) is 63.3 Å². The molecule has 31 heavy (non-hydrogen) atoms. The van der Waals surface area contributed by atoms with Crippen LogP contribution in [0.2, 0.25) is 5.02 Å². The standard InChI is InChI=1S/C24H31ClN4O2/c25-21-5-7-22(8-6-21)28-11-13-29(14-12-28)24(26)27-17-19-1-3-20(4-2-19)18-31-23-9-15-30-16-10-23/h1-8,23H,9-18H2,(H2,26,27). The zero-order valence-corrected chi connectivity index (χ0v) is 18.6. The Labute approximate surface area is 189 Å². The van der Waals surface area contributed by atoms with Gasteiger partial charge in [-0.3, -0.25) is 0 Å². The van der Waals surface area contributed by atoms with E-state index < -0.39 is 0 Å². The highest BCUT2D eigenvalue weighted by Crippen LogP contribution is 2.19. The number of ether oxygens (including phenoxy) is 2. The average Bonchev–Trinajstić information content (AvgIpc) is 2.83. The van der Waals surface area contributed by atoms with Gasteiger partial charge in [0.05, 0.1) is 19.3 Å². The highest BCUT2D eigenvalue weighted by Gasteiger charge is 2.18. The number of rotatable bonds is 6. The molecule has 2 N–H and O–H groups in total. The fourth-order valence-electron chi connectivity index (χ4n) is 3.92. The van der Waals surface area contributed by atoms with E-state index >= 15 is 0 Å². The molecule has 7 heteroatoms. The normalized spacial score (nSPS) is 18.4. The molecule has 2 heterocycles. The van der Waals surface area contributed by atoms with Crippen LogP contribution in [0.5, 0.6) is 0 Å². The van der Waals surface area contributed by atoms with Crippen LogP contribution >= 0.6 is 11.6 Å². The summed E-state index contributed by atoms with van der Waals surface area (Å²) in [6, 6.07) is 16.4. The summed E-state index contributed by atoms with van der Waals surface area (Å²) in [5.74, 6) is 0.614. The van der Waals surface area contributed by atoms with Crippen molar-refractivity contribution in [2.75, 3.05) is 44.3 Å². The van der Waals surface area contributed by atoms with E-state index in [1.54, 1.807) is 0 Å². The van der Waals surface area contributed by atoms with E-state index in [0.717, 1.165) is 62.8 Å². The van der Waals surface area contributed by atoms with Gasteiger partial charge in [-0.25, -0.2) is 4.99 Å². The number of aliphatic imine (C=N–C) groups is 1. The van der Waals surface area contributed by atoms with Crippen molar-refractivity contribution >= 4 is 23.2 Å². The van der Waals surface area contributed by atoms with Crippen molar-refractivity contribution in [2.45, 2.75) is 32.1 Å². The summed E-state index contributed by atoms with van der Waals surface area (Å²) in [5, 5.41) is 0.763. The van der Waals surface area contributed by atoms with Crippen LogP contribution < -0.4 is 10.6 Å². The zero-order valence-electron chi connectivity index (χ0n) is 17.9. The Morgan fingerprint density at radius 3 is 2.29 bits per heavy atom. The number of benzene rings is 2. The van der Waals surface area contributed by atoms with Crippen LogP contribution in [0.1, 0.15) is 24.0 Å². The number of hydrogen-bond donors (Lipinski definition) is 1. The molecule has 0 bridgehead atoms. The summed E-state index contributed by atoms with van der Waals surface area (Å²) in [6.45, 7) is 6.40. The van der Waals surface area contributed by atoms with Gasteiger partial charge in [0.25, 0.3) is 0 Å². The Morgan fingerprint density at radius 1 is 0.968 bits per heavy atom. The van der Waals surface area contributed by atoms with Crippen LogP contribution in [-0.2, 0) is 22.6 Å². The Balaban J connectivity index is 1.22. The fourth-order valence-corrected chi connectivity index (χ4v) is 4.04. The molecule has 0 radical (unpaired) electrons. The van der Waals surface area contributed by atoms with E-state index in [9.17, 15) is 0 Å². The van der Waals surface area contributed by atoms with Crippen molar-refractivity contribution < 1.29 is 9.47 Å². The third-order valence-corrected chi connectivity index (χ3v) is 6.15. The maximum atomic E-state index is 6.27. The minimum Gasteiger partial charge on any atom is -0.381 e. The largest absolute Gasteiger partial charge is 0.381 e. The molecule has 4 rings (SSSR count). The second-order valence-corrected chi connectivity index (χ2v) is 8.50. The smallest absolute Gasteiger partial charge is 0.191 e. The molecule has 0 aliphatic carbocycles. The number of anilines is 1. The predicted molar refractivity (Wildman–Crippen MR) is 126 cm³/mol. The van der Waals surface area contributed by atoms with E-state index in [2.05, 4.69) is 51.2 Å². The van der Waals surface area contributed by atoms with Gasteiger partial charge in [-0.1, -0.05) is 35.9 Å². The second-order valence-electron chi connectivity index (χ2n) is 8.06. The van der Waals surface area contributed by atoms with Crippen molar-refractivity contribution in [2.24, 2.45) is 10.7 Å². The van der Waals surface area contributed by atoms with Crippen molar-refractivity contribution in [3.63, 3.8) is 0 Å². The molecule has 0 atom stereocenters. The van der Waals surface area contributed by atoms with Gasteiger partial charge < -0.3 is 25.0 Å². The molecule has 2 aromatic carbocycles. The van der Waals surface area contributed by atoms with Crippen LogP contribution in [0, 0.1) is 0 Å². The molecule has 2 aromatic rings. The van der Waals surface area contributed by atoms with E-state index in [-0.39, 0.29) is 0 Å². The number of hydrogen-bond acceptors (Lipinski definition) is 4. The first-order chi connectivity index (χ1) is 15.2. The Kier molecular flexibility index (Phi) is 7.67. The third kappa shape index (κ3) is 6.35. The van der Waals surface area contributed by atoms with Crippen LogP contribution in [0.15, 0.2) is 53.5 Å². The highest BCUT2D eigenvalue weighted by atomic mass is 35.5. The van der Waals surface area contributed by atoms with E-state index in [0.29, 0.717) is 25.2 Å². The highest BCUT2D eigenvalue weighted by molar-refractivity contribution is 6.30. The summed E-state index contributed by atoms with van der Waals surface area (Å²) in [6.07, 6.45) is 2.29. The van der Waals surface area contributed by atoms with Crippen LogP contribution in [0.3, 0.4) is 0 Å². The third-order valence-electron chi connectivity index (χ3n) is 5.90. The SMILES string of the molecule is NC(=NCc1ccc(COC2CCOCC2)cc1)N1CCN(c2ccc(Cl)cc2)CC1. The quantitative estimate of drug-likeness (QED) is 0.546. The monoisotopic (exact) mass is 442 g/mol. The van der Waals surface area contributed by atoms with Gasteiger partial charge in [0, 0.05) is 50.1 Å². The maximum Gasteiger partial charge on any atom is 0.191 e. The average molecular weight is 443 g/mol. The van der Waals surface area contributed by atoms with Crippen molar-refractivity contribution in [1.29, 1.82) is 0 Å². The molecule has 0 saturated carbocycles. The summed E-state index contributed by atoms with van der Waals surface area (Å²) >= 11 is 5.99. The molecule has 2 aliphatic rings. The molecule has 2 fully saturated rings. The molecular formula is C24H31ClN4O2. The number of guanidine groups is 1. The fraction of sp³-hybridized carbons (Fsp3) is 0.458. The summed E-state index contributed by atoms with van der Waals surface area (Å²) in [5.41, 5.74) is 9.80. The summed E-state index contributed by atoms with van der Waals surface area (Å²) in [7, 11) is 0. The van der Waals surface area contributed by atoms with E-state index in [4.69, 9.17) is 26.8 Å². The lowest BCUT2D eigenvalue weighted by Crippen LogP contribution is -2.51. The van der Waals surface area contributed by atoms with Crippen LogP contribution in [0.25, 0.3) is 0 Å². The van der Waals surface area contributed by atoms with Crippen LogP contribution in [-0.4, -0.2) is 56.4 Å². The van der Waals surface area contributed by atoms with E-state index in [1.807, 2.05) is 12.1 Å². The first-order valence-corrected chi connectivity index (χ1v) is 11.4. The van der Waals surface area contributed by atoms with Gasteiger partial charge in [-0.05, 0) is 48.2 Å². The molecule has 0 aromatic heterocycles. The van der Waals surface area contributed by atoms with Gasteiger partial charge in [0.1, 0.15) is 0 Å². The van der Waals surface area contributed by atoms with Gasteiger partial charge in [0.15, 0.2) is 5.96 Å². The number of piperazine rings is 1. The van der Waals surface area contributed by atoms with Gasteiger partial charge >= 0.3 is 0 Å². The molecule has 2 saturated heterocycles. The first kappa shape index (κ1) is 21.9. The lowest BCUT2D eigenvalue weighted by atomic mass is 10.1. The van der Waals surface area contributed by atoms with Crippen molar-refractivity contribution in [1.82, 2.24) is 4.90 Å². The number of halogens is 1. The predicted octanol–water partition coefficient (Wildman–Crippen LogP) is 3.67. The molecule has 0 spiro atoms. The minimum atomic E-state index is 0.318. The molecule has 6 nitrogen and oxygen atoms in total. The van der Waals surface area contributed by atoms with Gasteiger partial charge in [-0.2, -0.15) is 0 Å². The van der Waals surface area contributed by atoms with Gasteiger partial charge in [-0.15, -0.1) is 0 Å². The van der Waals surface area contributed by atoms with E-state index in [1.165, 1.54) is 11.3 Å². The first-order valence-electron chi connectivity index (χ1n) is 11.0. The lowest BCUT2D eigenvalue weighted by Gasteiger charge is -2.36. The molecule has 166 valence electrons. The summed E-state index contributed by atoms with van der Waals surface area (Å²) < 4.78 is 11.4. The molecule has 2 aliphatic heterocycles. The Morgan fingerprint density at radius 2 is 1.61 bits per heavy atom. The second kappa shape index (κ2) is 10.8. The Hall–Kier alpha value is -2.28. The van der Waals surface area contributed by atoms with Crippen molar-refractivity contribution in [3.05, 3.63) is 64.7 Å². The Bertz CT molecular complexity index is 843. The molecular weight excluding hydrogens is 412 g/mol. The van der Waals surface area contributed by atoms with Gasteiger partial charge in [0.2, 0.25) is 0 Å². The van der Waals surface area contributed by atoms with Crippen molar-refractivity contribution in [3.8, 4) is 0 Å². The zero-order chi connectivity index (χ0) is 21.5. The lowest BCUT2D eigenvalue weighted by molar-refractivity contribution is -0.0390. The molecule has 0 amide bonds. The van der Waals surface area contributed by atoms with Crippen LogP contribution in [0.4, 0.5) is 5.69 Å². The summed E-state index contributed by atoms with van der Waals surface area (Å²) in [4.78, 5) is 9.12. The minimum absolute atomic E-state index is 0.318.